The largest absolute Gasteiger partial charge is 0.505 e. The van der Waals surface area contributed by atoms with Gasteiger partial charge >= 0.3 is 0 Å². The maximum absolute atomic E-state index is 11.4. The van der Waals surface area contributed by atoms with Gasteiger partial charge in [0.05, 0.1) is 5.57 Å². The SMILES string of the molecule is CCCCN=CC1=C(O)C(Cl)=C(Cl)C1=O. The molecule has 1 aliphatic rings. The van der Waals surface area contributed by atoms with E-state index in [-0.39, 0.29) is 21.4 Å². The van der Waals surface area contributed by atoms with Crippen LogP contribution >= 0.6 is 23.2 Å². The van der Waals surface area contributed by atoms with Crippen LogP contribution in [0.15, 0.2) is 26.4 Å². The summed E-state index contributed by atoms with van der Waals surface area (Å²) in [6.07, 6.45) is 3.29. The van der Waals surface area contributed by atoms with E-state index in [1.165, 1.54) is 6.21 Å². The van der Waals surface area contributed by atoms with E-state index in [0.717, 1.165) is 12.8 Å². The molecule has 0 aromatic heterocycles. The predicted molar refractivity (Wildman–Crippen MR) is 61.7 cm³/mol. The van der Waals surface area contributed by atoms with Gasteiger partial charge in [-0.2, -0.15) is 0 Å². The van der Waals surface area contributed by atoms with Gasteiger partial charge in [0.25, 0.3) is 0 Å². The first-order valence-corrected chi connectivity index (χ1v) is 5.38. The van der Waals surface area contributed by atoms with Crippen LogP contribution in [0.1, 0.15) is 19.8 Å². The Bertz CT molecular complexity index is 370. The highest BCUT2D eigenvalue weighted by molar-refractivity contribution is 6.55. The van der Waals surface area contributed by atoms with Crippen molar-refractivity contribution in [3.63, 3.8) is 0 Å². The Morgan fingerprint density at radius 1 is 1.40 bits per heavy atom. The van der Waals surface area contributed by atoms with E-state index in [1.807, 2.05) is 6.92 Å². The van der Waals surface area contributed by atoms with Crippen molar-refractivity contribution in [2.45, 2.75) is 19.8 Å². The number of hydrogen-bond donors (Lipinski definition) is 1. The lowest BCUT2D eigenvalue weighted by atomic mass is 10.2. The molecular formula is C10H11Cl2NO2. The van der Waals surface area contributed by atoms with Gasteiger partial charge in [-0.05, 0) is 6.42 Å². The van der Waals surface area contributed by atoms with E-state index in [4.69, 9.17) is 23.2 Å². The van der Waals surface area contributed by atoms with Crippen LogP contribution in [0.25, 0.3) is 0 Å². The number of aliphatic hydroxyl groups excluding tert-OH is 1. The van der Waals surface area contributed by atoms with Crippen molar-refractivity contribution in [1.82, 2.24) is 0 Å². The Morgan fingerprint density at radius 3 is 2.53 bits per heavy atom. The first-order chi connectivity index (χ1) is 7.09. The molecule has 0 spiro atoms. The normalized spacial score (nSPS) is 17.4. The quantitative estimate of drug-likeness (QED) is 0.614. The predicted octanol–water partition coefficient (Wildman–Crippen LogP) is 2.94. The summed E-state index contributed by atoms with van der Waals surface area (Å²) in [7, 11) is 0. The van der Waals surface area contributed by atoms with Gasteiger partial charge in [-0.25, -0.2) is 0 Å². The van der Waals surface area contributed by atoms with Gasteiger partial charge in [0.15, 0.2) is 0 Å². The van der Waals surface area contributed by atoms with E-state index in [9.17, 15) is 9.90 Å². The van der Waals surface area contributed by atoms with Gasteiger partial charge in [-0.1, -0.05) is 36.5 Å². The Kier molecular flexibility index (Phi) is 4.36. The third kappa shape index (κ3) is 2.61. The minimum absolute atomic E-state index is 0.0705. The summed E-state index contributed by atoms with van der Waals surface area (Å²) >= 11 is 11.2. The van der Waals surface area contributed by atoms with E-state index >= 15 is 0 Å². The maximum Gasteiger partial charge on any atom is 0.211 e. The standard InChI is InChI=1S/C10H11Cl2NO2/c1-2-3-4-13-5-6-9(14)7(11)8(12)10(6)15/h5,14H,2-4H2,1H3. The molecule has 0 amide bonds. The highest BCUT2D eigenvalue weighted by Crippen LogP contribution is 2.31. The minimum atomic E-state index is -0.473. The van der Waals surface area contributed by atoms with Crippen LogP contribution in [0.2, 0.25) is 0 Å². The van der Waals surface area contributed by atoms with Crippen molar-refractivity contribution in [2.75, 3.05) is 6.54 Å². The molecule has 1 aliphatic carbocycles. The van der Waals surface area contributed by atoms with Crippen LogP contribution in [0.5, 0.6) is 0 Å². The summed E-state index contributed by atoms with van der Waals surface area (Å²) in [4.78, 5) is 15.4. The number of nitrogens with zero attached hydrogens (tertiary/aromatic N) is 1. The molecule has 0 aliphatic heterocycles. The summed E-state index contributed by atoms with van der Waals surface area (Å²) in [6.45, 7) is 2.66. The van der Waals surface area contributed by atoms with E-state index in [2.05, 4.69) is 4.99 Å². The molecule has 0 fully saturated rings. The number of ketones is 1. The van der Waals surface area contributed by atoms with Crippen LogP contribution in [0.4, 0.5) is 0 Å². The Morgan fingerprint density at radius 2 is 2.07 bits per heavy atom. The number of carbonyl (C=O) groups excluding carboxylic acids is 1. The third-order valence-corrected chi connectivity index (χ3v) is 2.79. The summed E-state index contributed by atoms with van der Waals surface area (Å²) in [5.74, 6) is -0.758. The molecule has 0 heterocycles. The van der Waals surface area contributed by atoms with E-state index in [0.29, 0.717) is 6.54 Å². The van der Waals surface area contributed by atoms with Crippen molar-refractivity contribution in [3.05, 3.63) is 21.4 Å². The first kappa shape index (κ1) is 12.3. The molecular weight excluding hydrogens is 237 g/mol. The maximum atomic E-state index is 11.4. The molecule has 0 unspecified atom stereocenters. The number of hydrogen-bond acceptors (Lipinski definition) is 3. The molecule has 1 N–H and O–H groups in total. The number of halogens is 2. The molecule has 0 saturated heterocycles. The van der Waals surface area contributed by atoms with Crippen LogP contribution < -0.4 is 0 Å². The fourth-order valence-corrected chi connectivity index (χ4v) is 1.45. The Labute approximate surface area is 98.1 Å². The van der Waals surface area contributed by atoms with Gasteiger partial charge in [-0.15, -0.1) is 0 Å². The third-order valence-electron chi connectivity index (χ3n) is 1.96. The summed E-state index contributed by atoms with van der Waals surface area (Å²) in [5, 5.41) is 9.20. The lowest BCUT2D eigenvalue weighted by Gasteiger charge is -1.94. The number of carbonyl (C=O) groups is 1. The summed E-state index contributed by atoms with van der Waals surface area (Å²) in [6, 6.07) is 0. The molecule has 0 aromatic carbocycles. The van der Waals surface area contributed by atoms with Crippen LogP contribution in [0.3, 0.4) is 0 Å². The molecule has 0 saturated carbocycles. The molecule has 0 aromatic rings. The Hall–Kier alpha value is -0.800. The number of aliphatic hydroxyl groups is 1. The lowest BCUT2D eigenvalue weighted by molar-refractivity contribution is -0.111. The molecule has 0 atom stereocenters. The highest BCUT2D eigenvalue weighted by atomic mass is 35.5. The lowest BCUT2D eigenvalue weighted by Crippen LogP contribution is -2.01. The van der Waals surface area contributed by atoms with Gasteiger partial charge in [0.1, 0.15) is 15.8 Å². The van der Waals surface area contributed by atoms with Crippen LogP contribution in [-0.2, 0) is 4.79 Å². The average molecular weight is 248 g/mol. The summed E-state index contributed by atoms with van der Waals surface area (Å²) in [5.41, 5.74) is 0.0705. The van der Waals surface area contributed by atoms with Gasteiger partial charge in [0.2, 0.25) is 5.78 Å². The second-order valence-electron chi connectivity index (χ2n) is 3.11. The number of allylic oxidation sites excluding steroid dienone is 3. The molecule has 15 heavy (non-hydrogen) atoms. The number of unbranched alkanes of at least 4 members (excludes halogenated alkanes) is 1. The number of rotatable bonds is 4. The number of aliphatic imine (C=N–C) groups is 1. The number of Topliss-reactive ketones (excluding diaryl/α,β-unsaturated/α-hetero) is 1. The Balaban J connectivity index is 2.74. The van der Waals surface area contributed by atoms with Crippen molar-refractivity contribution < 1.29 is 9.90 Å². The van der Waals surface area contributed by atoms with Crippen LogP contribution in [-0.4, -0.2) is 23.6 Å². The average Bonchev–Trinajstić information content (AvgIpc) is 2.41. The molecule has 5 heteroatoms. The second-order valence-corrected chi connectivity index (χ2v) is 3.86. The van der Waals surface area contributed by atoms with Crippen molar-refractivity contribution in [2.24, 2.45) is 4.99 Å². The van der Waals surface area contributed by atoms with E-state index in [1.54, 1.807) is 0 Å². The topological polar surface area (TPSA) is 49.7 Å². The van der Waals surface area contributed by atoms with Gasteiger partial charge < -0.3 is 5.11 Å². The van der Waals surface area contributed by atoms with Crippen molar-refractivity contribution in [3.8, 4) is 0 Å². The second kappa shape index (κ2) is 5.33. The molecule has 1 rings (SSSR count). The smallest absolute Gasteiger partial charge is 0.211 e. The summed E-state index contributed by atoms with van der Waals surface area (Å²) < 4.78 is 0. The monoisotopic (exact) mass is 247 g/mol. The molecule has 82 valence electrons. The fraction of sp³-hybridized carbons (Fsp3) is 0.400. The highest BCUT2D eigenvalue weighted by Gasteiger charge is 2.29. The zero-order valence-corrected chi connectivity index (χ0v) is 9.77. The van der Waals surface area contributed by atoms with Crippen molar-refractivity contribution >= 4 is 35.2 Å². The zero-order valence-electron chi connectivity index (χ0n) is 8.26. The van der Waals surface area contributed by atoms with Gasteiger partial charge in [-0.3, -0.25) is 9.79 Å². The zero-order chi connectivity index (χ0) is 11.4. The first-order valence-electron chi connectivity index (χ1n) is 4.63. The molecule has 0 bridgehead atoms. The molecule has 0 radical (unpaired) electrons. The van der Waals surface area contributed by atoms with Crippen molar-refractivity contribution in [1.29, 1.82) is 0 Å². The van der Waals surface area contributed by atoms with E-state index < -0.39 is 5.78 Å². The van der Waals surface area contributed by atoms with Gasteiger partial charge in [0, 0.05) is 12.8 Å². The van der Waals surface area contributed by atoms with Crippen LogP contribution in [0, 0.1) is 0 Å². The minimum Gasteiger partial charge on any atom is -0.505 e. The fourth-order valence-electron chi connectivity index (χ4n) is 1.07. The molecule has 3 nitrogen and oxygen atoms in total.